The fraction of sp³-hybridized carbons (Fsp3) is 0.222. The molecule has 0 saturated carbocycles. The van der Waals surface area contributed by atoms with E-state index >= 15 is 0 Å². The average molecular weight is 328 g/mol. The number of rotatable bonds is 8. The van der Waals surface area contributed by atoms with Crippen LogP contribution in [0.1, 0.15) is 5.56 Å². The van der Waals surface area contributed by atoms with E-state index in [0.29, 0.717) is 12.3 Å². The zero-order valence-electron chi connectivity index (χ0n) is 13.6. The first-order valence-electron chi connectivity index (χ1n) is 7.76. The Morgan fingerprint density at radius 2 is 1.62 bits per heavy atom. The van der Waals surface area contributed by atoms with E-state index in [2.05, 4.69) is 10.6 Å². The van der Waals surface area contributed by atoms with Gasteiger partial charge in [-0.05, 0) is 29.8 Å². The minimum atomic E-state index is -0.156. The molecule has 0 unspecified atom stereocenters. The highest BCUT2D eigenvalue weighted by molar-refractivity contribution is 5.91. The van der Waals surface area contributed by atoms with Gasteiger partial charge in [-0.15, -0.1) is 0 Å². The Hall–Kier alpha value is -2.86. The minimum absolute atomic E-state index is 0.109. The highest BCUT2D eigenvalue weighted by atomic mass is 16.5. The number of hydrogen-bond acceptors (Lipinski definition) is 3. The van der Waals surface area contributed by atoms with Crippen LogP contribution in [0.25, 0.3) is 0 Å². The number of nitrogens with one attached hydrogen (secondary N) is 2. The lowest BCUT2D eigenvalue weighted by molar-refractivity contribution is -0.632. The molecule has 2 rings (SSSR count). The molecular formula is C18H22N3O3+. The molecule has 0 saturated heterocycles. The van der Waals surface area contributed by atoms with Crippen molar-refractivity contribution in [1.29, 1.82) is 0 Å². The Morgan fingerprint density at radius 1 is 0.958 bits per heavy atom. The summed E-state index contributed by atoms with van der Waals surface area (Å²) in [7, 11) is 1.57. The zero-order chi connectivity index (χ0) is 17.2. The quantitative estimate of drug-likeness (QED) is 0.660. The van der Waals surface area contributed by atoms with Gasteiger partial charge in [0.15, 0.2) is 13.1 Å². The van der Waals surface area contributed by atoms with Crippen molar-refractivity contribution >= 4 is 17.5 Å². The van der Waals surface area contributed by atoms with Crippen molar-refractivity contribution in [1.82, 2.24) is 5.32 Å². The molecule has 126 valence electrons. The van der Waals surface area contributed by atoms with Crippen molar-refractivity contribution in [3.05, 3.63) is 60.2 Å². The molecule has 0 radical (unpaired) electrons. The van der Waals surface area contributed by atoms with Crippen LogP contribution in [0.5, 0.6) is 5.75 Å². The topological polar surface area (TPSA) is 84.0 Å². The third kappa shape index (κ3) is 6.10. The Morgan fingerprint density at radius 3 is 2.29 bits per heavy atom. The largest absolute Gasteiger partial charge is 0.489 e. The number of anilines is 1. The van der Waals surface area contributed by atoms with Gasteiger partial charge in [-0.1, -0.05) is 30.3 Å². The van der Waals surface area contributed by atoms with Gasteiger partial charge in [0, 0.05) is 12.7 Å². The van der Waals surface area contributed by atoms with Crippen LogP contribution in [0.4, 0.5) is 5.69 Å². The van der Waals surface area contributed by atoms with Gasteiger partial charge < -0.3 is 20.7 Å². The molecule has 0 bridgehead atoms. The normalized spacial score (nSPS) is 10.0. The summed E-state index contributed by atoms with van der Waals surface area (Å²) in [4.78, 5) is 22.8. The van der Waals surface area contributed by atoms with Crippen molar-refractivity contribution in [2.45, 2.75) is 6.61 Å². The smallest absolute Gasteiger partial charge is 0.279 e. The second kappa shape index (κ2) is 9.32. The van der Waals surface area contributed by atoms with Crippen molar-refractivity contribution in [2.75, 3.05) is 25.5 Å². The molecule has 0 fully saturated rings. The Bertz CT molecular complexity index is 657. The van der Waals surface area contributed by atoms with E-state index in [0.717, 1.165) is 11.3 Å². The molecule has 2 aromatic carbocycles. The number of quaternary nitrogens is 1. The minimum Gasteiger partial charge on any atom is -0.489 e. The zero-order valence-corrected chi connectivity index (χ0v) is 13.6. The number of carbonyl (C=O) groups is 2. The number of likely N-dealkylation sites (N-methyl/N-ethyl adjacent to an activating group) is 1. The summed E-state index contributed by atoms with van der Waals surface area (Å²) < 4.78 is 5.69. The first-order chi connectivity index (χ1) is 11.7. The van der Waals surface area contributed by atoms with Gasteiger partial charge >= 0.3 is 0 Å². The molecule has 0 aliphatic rings. The molecule has 2 aromatic rings. The van der Waals surface area contributed by atoms with Crippen LogP contribution in [0, 0.1) is 0 Å². The summed E-state index contributed by atoms with van der Waals surface area (Å²) in [6, 6.07) is 17.1. The lowest BCUT2D eigenvalue weighted by Gasteiger charge is -2.08. The molecular weight excluding hydrogens is 306 g/mol. The number of benzene rings is 2. The van der Waals surface area contributed by atoms with E-state index in [9.17, 15) is 9.59 Å². The summed E-state index contributed by atoms with van der Waals surface area (Å²) in [5, 5.41) is 6.92. The monoisotopic (exact) mass is 328 g/mol. The Balaban J connectivity index is 1.75. The van der Waals surface area contributed by atoms with Gasteiger partial charge in [0.1, 0.15) is 12.4 Å². The Kier molecular flexibility index (Phi) is 6.79. The molecule has 24 heavy (non-hydrogen) atoms. The molecule has 0 spiro atoms. The second-order valence-corrected chi connectivity index (χ2v) is 5.22. The molecule has 0 atom stereocenters. The van der Waals surface area contributed by atoms with Crippen molar-refractivity contribution in [2.24, 2.45) is 0 Å². The summed E-state index contributed by atoms with van der Waals surface area (Å²) in [5.74, 6) is 0.475. The van der Waals surface area contributed by atoms with E-state index in [1.54, 1.807) is 24.5 Å². The fourth-order valence-electron chi connectivity index (χ4n) is 2.02. The lowest BCUT2D eigenvalue weighted by atomic mass is 10.2. The standard InChI is InChI=1S/C18H21N3O3/c1-19-17(22)11-20-12-18(23)21-15-7-9-16(10-8-15)24-13-14-5-3-2-4-6-14/h2-10,20H,11-13H2,1H3,(H,19,22)(H,21,23)/p+1. The third-order valence-corrected chi connectivity index (χ3v) is 3.32. The van der Waals surface area contributed by atoms with E-state index in [-0.39, 0.29) is 24.9 Å². The molecule has 0 aliphatic carbocycles. The highest BCUT2D eigenvalue weighted by Gasteiger charge is 2.07. The summed E-state index contributed by atoms with van der Waals surface area (Å²) >= 11 is 0. The molecule has 0 heterocycles. The van der Waals surface area contributed by atoms with Crippen LogP contribution in [-0.4, -0.2) is 32.0 Å². The van der Waals surface area contributed by atoms with Gasteiger partial charge in [-0.2, -0.15) is 0 Å². The van der Waals surface area contributed by atoms with Crippen molar-refractivity contribution in [3.8, 4) is 5.75 Å². The number of hydrogen-bond donors (Lipinski definition) is 3. The molecule has 0 aromatic heterocycles. The lowest BCUT2D eigenvalue weighted by Crippen LogP contribution is -2.88. The average Bonchev–Trinajstić information content (AvgIpc) is 2.62. The highest BCUT2D eigenvalue weighted by Crippen LogP contribution is 2.16. The first kappa shape index (κ1) is 17.5. The predicted molar refractivity (Wildman–Crippen MR) is 91.6 cm³/mol. The summed E-state index contributed by atoms with van der Waals surface area (Å²) in [5.41, 5.74) is 1.79. The van der Waals surface area contributed by atoms with Crippen LogP contribution in [-0.2, 0) is 16.2 Å². The molecule has 4 N–H and O–H groups in total. The third-order valence-electron chi connectivity index (χ3n) is 3.32. The SMILES string of the molecule is CNC(=O)C[NH2+]CC(=O)Nc1ccc(OCc2ccccc2)cc1. The number of carbonyl (C=O) groups excluding carboxylic acids is 2. The second-order valence-electron chi connectivity index (χ2n) is 5.22. The number of amides is 2. The fourth-order valence-corrected chi connectivity index (χ4v) is 2.02. The van der Waals surface area contributed by atoms with Crippen LogP contribution in [0.15, 0.2) is 54.6 Å². The summed E-state index contributed by atoms with van der Waals surface area (Å²) in [6.45, 7) is 0.927. The van der Waals surface area contributed by atoms with Gasteiger partial charge in [0.05, 0.1) is 0 Å². The maximum Gasteiger partial charge on any atom is 0.279 e. The van der Waals surface area contributed by atoms with Crippen LogP contribution < -0.4 is 20.7 Å². The number of ether oxygens (including phenoxy) is 1. The van der Waals surface area contributed by atoms with Crippen LogP contribution in [0.3, 0.4) is 0 Å². The van der Waals surface area contributed by atoms with Gasteiger partial charge in [-0.25, -0.2) is 0 Å². The van der Waals surface area contributed by atoms with E-state index in [4.69, 9.17) is 4.74 Å². The summed E-state index contributed by atoms with van der Waals surface area (Å²) in [6.07, 6.45) is 0. The first-order valence-corrected chi connectivity index (χ1v) is 7.76. The molecule has 0 aliphatic heterocycles. The maximum atomic E-state index is 11.8. The van der Waals surface area contributed by atoms with Gasteiger partial charge in [-0.3, -0.25) is 9.59 Å². The van der Waals surface area contributed by atoms with E-state index < -0.39 is 0 Å². The molecule has 2 amide bonds. The van der Waals surface area contributed by atoms with Gasteiger partial charge in [0.2, 0.25) is 0 Å². The van der Waals surface area contributed by atoms with Crippen molar-refractivity contribution in [3.63, 3.8) is 0 Å². The maximum absolute atomic E-state index is 11.8. The van der Waals surface area contributed by atoms with Crippen LogP contribution >= 0.6 is 0 Å². The molecule has 6 nitrogen and oxygen atoms in total. The van der Waals surface area contributed by atoms with E-state index in [1.165, 1.54) is 0 Å². The van der Waals surface area contributed by atoms with Crippen molar-refractivity contribution < 1.29 is 19.6 Å². The number of nitrogens with two attached hydrogens (primary N) is 1. The molecule has 6 heteroatoms. The van der Waals surface area contributed by atoms with E-state index in [1.807, 2.05) is 42.5 Å². The Labute approximate surface area is 141 Å². The predicted octanol–water partition coefficient (Wildman–Crippen LogP) is 0.514. The van der Waals surface area contributed by atoms with Crippen LogP contribution in [0.2, 0.25) is 0 Å². The van der Waals surface area contributed by atoms with Gasteiger partial charge in [0.25, 0.3) is 11.8 Å².